The SMILES string of the molecule is COC(=N)c1c(N)cc(NC(=O)NC(c2ccc(F)cc2)C(C)O)nc1CO. The smallest absolute Gasteiger partial charge is 0.320 e. The second-order valence-corrected chi connectivity index (χ2v) is 5.98. The van der Waals surface area contributed by atoms with Crippen LogP contribution in [0, 0.1) is 11.2 Å². The lowest BCUT2D eigenvalue weighted by Gasteiger charge is -2.22. The average Bonchev–Trinajstić information content (AvgIpc) is 2.65. The topological polar surface area (TPSA) is 154 Å². The van der Waals surface area contributed by atoms with E-state index >= 15 is 0 Å². The van der Waals surface area contributed by atoms with E-state index in [9.17, 15) is 19.4 Å². The summed E-state index contributed by atoms with van der Waals surface area (Å²) in [5.41, 5.74) is 6.68. The Morgan fingerprint density at radius 2 is 2.04 bits per heavy atom. The predicted molar refractivity (Wildman–Crippen MR) is 101 cm³/mol. The normalized spacial score (nSPS) is 12.8. The van der Waals surface area contributed by atoms with E-state index in [1.807, 2.05) is 0 Å². The van der Waals surface area contributed by atoms with E-state index in [1.165, 1.54) is 44.4 Å². The number of anilines is 2. The number of nitrogen functional groups attached to an aromatic ring is 1. The van der Waals surface area contributed by atoms with E-state index in [-0.39, 0.29) is 28.7 Å². The molecule has 0 saturated heterocycles. The van der Waals surface area contributed by atoms with Crippen molar-refractivity contribution in [3.05, 3.63) is 53.0 Å². The fraction of sp³-hybridized carbons (Fsp3) is 0.278. The maximum atomic E-state index is 13.1. The number of nitrogens with two attached hydrogens (primary N) is 1. The number of carbonyl (C=O) groups excluding carboxylic acids is 1. The van der Waals surface area contributed by atoms with E-state index in [4.69, 9.17) is 15.9 Å². The van der Waals surface area contributed by atoms with Crippen LogP contribution in [0.5, 0.6) is 0 Å². The molecule has 0 aliphatic rings. The van der Waals surface area contributed by atoms with Crippen LogP contribution in [0.25, 0.3) is 0 Å². The molecule has 0 bridgehead atoms. The first-order valence-electron chi connectivity index (χ1n) is 8.31. The second-order valence-electron chi connectivity index (χ2n) is 5.98. The van der Waals surface area contributed by atoms with Gasteiger partial charge in [-0.25, -0.2) is 14.2 Å². The standard InChI is InChI=1S/C18H22FN5O4/c1-9(26)16(10-3-5-11(19)6-4-10)24-18(27)23-14-7-12(20)15(17(21)28-2)13(8-25)22-14/h3-7,9,16,21,25-26H,8H2,1-2H3,(H4,20,22,23,24,27). The molecule has 1 aromatic heterocycles. The third-order valence-corrected chi connectivity index (χ3v) is 3.95. The van der Waals surface area contributed by atoms with Crippen molar-refractivity contribution in [3.8, 4) is 0 Å². The number of hydrogen-bond donors (Lipinski definition) is 6. The fourth-order valence-corrected chi connectivity index (χ4v) is 2.61. The number of hydrogen-bond acceptors (Lipinski definition) is 7. The average molecular weight is 391 g/mol. The fourth-order valence-electron chi connectivity index (χ4n) is 2.61. The molecule has 28 heavy (non-hydrogen) atoms. The van der Waals surface area contributed by atoms with E-state index in [0.717, 1.165) is 0 Å². The number of nitrogens with one attached hydrogen (secondary N) is 3. The zero-order valence-corrected chi connectivity index (χ0v) is 15.4. The van der Waals surface area contributed by atoms with Crippen LogP contribution in [0.4, 0.5) is 20.7 Å². The number of aliphatic hydroxyl groups excluding tert-OH is 2. The quantitative estimate of drug-likeness (QED) is 0.324. The van der Waals surface area contributed by atoms with Gasteiger partial charge in [0.25, 0.3) is 0 Å². The molecule has 9 nitrogen and oxygen atoms in total. The molecule has 0 fully saturated rings. The number of rotatable bonds is 6. The van der Waals surface area contributed by atoms with Crippen molar-refractivity contribution >= 4 is 23.4 Å². The van der Waals surface area contributed by atoms with Crippen LogP contribution in [0.3, 0.4) is 0 Å². The highest BCUT2D eigenvalue weighted by molar-refractivity contribution is 5.99. The summed E-state index contributed by atoms with van der Waals surface area (Å²) >= 11 is 0. The van der Waals surface area contributed by atoms with Crippen LogP contribution in [0.2, 0.25) is 0 Å². The Morgan fingerprint density at radius 1 is 1.39 bits per heavy atom. The lowest BCUT2D eigenvalue weighted by molar-refractivity contribution is 0.148. The Morgan fingerprint density at radius 3 is 2.57 bits per heavy atom. The lowest BCUT2D eigenvalue weighted by atomic mass is 10.0. The van der Waals surface area contributed by atoms with Crippen molar-refractivity contribution < 1.29 is 24.1 Å². The summed E-state index contributed by atoms with van der Waals surface area (Å²) in [6.07, 6.45) is -0.952. The van der Waals surface area contributed by atoms with Gasteiger partial charge in [0.05, 0.1) is 37.1 Å². The van der Waals surface area contributed by atoms with Gasteiger partial charge in [-0.3, -0.25) is 10.7 Å². The molecule has 0 aliphatic heterocycles. The van der Waals surface area contributed by atoms with Crippen molar-refractivity contribution in [2.45, 2.75) is 25.7 Å². The number of carbonyl (C=O) groups is 1. The van der Waals surface area contributed by atoms with Crippen LogP contribution < -0.4 is 16.4 Å². The van der Waals surface area contributed by atoms with Crippen molar-refractivity contribution in [1.29, 1.82) is 5.41 Å². The third-order valence-electron chi connectivity index (χ3n) is 3.95. The van der Waals surface area contributed by atoms with Gasteiger partial charge in [-0.2, -0.15) is 0 Å². The molecule has 1 heterocycles. The van der Waals surface area contributed by atoms with Crippen LogP contribution in [-0.2, 0) is 11.3 Å². The maximum absolute atomic E-state index is 13.1. The highest BCUT2D eigenvalue weighted by Crippen LogP contribution is 2.22. The molecule has 150 valence electrons. The number of urea groups is 1. The molecule has 0 radical (unpaired) electrons. The van der Waals surface area contributed by atoms with Gasteiger partial charge in [0.15, 0.2) is 0 Å². The predicted octanol–water partition coefficient (Wildman–Crippen LogP) is 1.51. The molecular formula is C18H22FN5O4. The number of aliphatic hydroxyl groups is 2. The summed E-state index contributed by atoms with van der Waals surface area (Å²) in [6.45, 7) is 0.966. The summed E-state index contributed by atoms with van der Waals surface area (Å²) < 4.78 is 17.9. The molecule has 2 aromatic rings. The number of aromatic nitrogens is 1. The molecule has 1 aromatic carbocycles. The molecule has 0 aliphatic carbocycles. The number of pyridine rings is 1. The zero-order valence-electron chi connectivity index (χ0n) is 15.4. The molecule has 0 saturated carbocycles. The number of nitrogens with zero attached hydrogens (tertiary/aromatic N) is 1. The van der Waals surface area contributed by atoms with Gasteiger partial charge in [-0.05, 0) is 24.6 Å². The number of ether oxygens (including phenoxy) is 1. The van der Waals surface area contributed by atoms with Gasteiger partial charge >= 0.3 is 6.03 Å². The lowest BCUT2D eigenvalue weighted by Crippen LogP contribution is -2.38. The summed E-state index contributed by atoms with van der Waals surface area (Å²) in [5, 5.41) is 32.2. The van der Waals surface area contributed by atoms with Gasteiger partial charge in [0.2, 0.25) is 5.90 Å². The van der Waals surface area contributed by atoms with E-state index in [2.05, 4.69) is 15.6 Å². The summed E-state index contributed by atoms with van der Waals surface area (Å²) in [4.78, 5) is 16.4. The largest absolute Gasteiger partial charge is 0.481 e. The Hall–Kier alpha value is -3.24. The minimum Gasteiger partial charge on any atom is -0.481 e. The van der Waals surface area contributed by atoms with Gasteiger partial charge in [0, 0.05) is 11.8 Å². The number of benzene rings is 1. The van der Waals surface area contributed by atoms with Gasteiger partial charge < -0.3 is 26.0 Å². The Balaban J connectivity index is 2.20. The molecule has 2 unspecified atom stereocenters. The Bertz CT molecular complexity index is 858. The maximum Gasteiger partial charge on any atom is 0.320 e. The molecule has 7 N–H and O–H groups in total. The van der Waals surface area contributed by atoms with Gasteiger partial charge in [0.1, 0.15) is 11.6 Å². The minimum atomic E-state index is -0.952. The van der Waals surface area contributed by atoms with Crippen molar-refractivity contribution in [3.63, 3.8) is 0 Å². The van der Waals surface area contributed by atoms with Crippen molar-refractivity contribution in [1.82, 2.24) is 10.3 Å². The third kappa shape index (κ3) is 4.93. The minimum absolute atomic E-state index is 0.0372. The molecule has 2 rings (SSSR count). The summed E-state index contributed by atoms with van der Waals surface area (Å²) in [5.74, 6) is -0.666. The van der Waals surface area contributed by atoms with Crippen LogP contribution in [0.15, 0.2) is 30.3 Å². The van der Waals surface area contributed by atoms with Crippen LogP contribution in [0.1, 0.15) is 29.8 Å². The van der Waals surface area contributed by atoms with Gasteiger partial charge in [-0.1, -0.05) is 12.1 Å². The Labute approximate surface area is 160 Å². The molecular weight excluding hydrogens is 369 g/mol. The molecule has 0 spiro atoms. The number of methoxy groups -OCH3 is 1. The van der Waals surface area contributed by atoms with Crippen molar-refractivity contribution in [2.24, 2.45) is 0 Å². The molecule has 10 heteroatoms. The van der Waals surface area contributed by atoms with Crippen LogP contribution in [-0.4, -0.2) is 40.3 Å². The van der Waals surface area contributed by atoms with E-state index in [0.29, 0.717) is 5.56 Å². The van der Waals surface area contributed by atoms with Crippen molar-refractivity contribution in [2.75, 3.05) is 18.2 Å². The van der Waals surface area contributed by atoms with E-state index < -0.39 is 30.6 Å². The first-order chi connectivity index (χ1) is 13.3. The highest BCUT2D eigenvalue weighted by atomic mass is 19.1. The number of halogens is 1. The van der Waals surface area contributed by atoms with Crippen LogP contribution >= 0.6 is 0 Å². The molecule has 2 amide bonds. The first kappa shape index (κ1) is 21.1. The van der Waals surface area contributed by atoms with Gasteiger partial charge in [-0.15, -0.1) is 0 Å². The first-order valence-corrected chi connectivity index (χ1v) is 8.31. The Kier molecular flexibility index (Phi) is 6.85. The summed E-state index contributed by atoms with van der Waals surface area (Å²) in [6, 6.07) is 5.19. The number of amides is 2. The second kappa shape index (κ2) is 9.11. The highest BCUT2D eigenvalue weighted by Gasteiger charge is 2.21. The van der Waals surface area contributed by atoms with E-state index in [1.54, 1.807) is 0 Å². The molecule has 2 atom stereocenters. The summed E-state index contributed by atoms with van der Waals surface area (Å²) in [7, 11) is 1.29. The monoisotopic (exact) mass is 391 g/mol. The zero-order chi connectivity index (χ0) is 20.8.